The second kappa shape index (κ2) is 7.42. The first-order chi connectivity index (χ1) is 12.2. The molecule has 2 rings (SSSR count). The van der Waals surface area contributed by atoms with Gasteiger partial charge in [0.05, 0.1) is 7.11 Å². The van der Waals surface area contributed by atoms with E-state index in [-0.39, 0.29) is 6.04 Å². The molecule has 9 heteroatoms. The van der Waals surface area contributed by atoms with Gasteiger partial charge in [-0.1, -0.05) is 12.1 Å². The van der Waals surface area contributed by atoms with E-state index in [1.807, 2.05) is 0 Å². The summed E-state index contributed by atoms with van der Waals surface area (Å²) in [5.41, 5.74) is -0.749. The second-order valence-electron chi connectivity index (χ2n) is 6.35. The van der Waals surface area contributed by atoms with Crippen LogP contribution in [-0.4, -0.2) is 48.5 Å². The minimum absolute atomic E-state index is 0.155. The quantitative estimate of drug-likeness (QED) is 0.667. The minimum Gasteiger partial charge on any atom is -0.497 e. The second-order valence-corrected chi connectivity index (χ2v) is 6.35. The van der Waals surface area contributed by atoms with E-state index in [1.165, 1.54) is 7.11 Å². The maximum Gasteiger partial charge on any atom is 0.325 e. The predicted molar refractivity (Wildman–Crippen MR) is 92.4 cm³/mol. The molecular weight excluding hydrogens is 340 g/mol. The van der Waals surface area contributed by atoms with Crippen LogP contribution in [-0.2, 0) is 15.1 Å². The van der Waals surface area contributed by atoms with Crippen LogP contribution in [0, 0.1) is 0 Å². The van der Waals surface area contributed by atoms with Crippen molar-refractivity contribution in [3.63, 3.8) is 0 Å². The van der Waals surface area contributed by atoms with Crippen LogP contribution in [0.5, 0.6) is 5.75 Å². The SMILES string of the molecule is COc1ccc(C2(C)NC(=O)N(CC(=O)NC(=O)NC(C)C)C2=O)cc1. The van der Waals surface area contributed by atoms with Gasteiger partial charge < -0.3 is 15.4 Å². The van der Waals surface area contributed by atoms with Crippen LogP contribution >= 0.6 is 0 Å². The Bertz CT molecular complexity index is 731. The molecule has 0 spiro atoms. The van der Waals surface area contributed by atoms with Gasteiger partial charge in [0.15, 0.2) is 0 Å². The van der Waals surface area contributed by atoms with Crippen molar-refractivity contribution in [2.24, 2.45) is 0 Å². The summed E-state index contributed by atoms with van der Waals surface area (Å²) in [5, 5.41) is 7.16. The number of nitrogens with one attached hydrogen (secondary N) is 3. The number of nitrogens with zero attached hydrogens (tertiary/aromatic N) is 1. The van der Waals surface area contributed by atoms with E-state index >= 15 is 0 Å². The summed E-state index contributed by atoms with van der Waals surface area (Å²) >= 11 is 0. The summed E-state index contributed by atoms with van der Waals surface area (Å²) in [6.45, 7) is 4.48. The number of ether oxygens (including phenoxy) is 1. The highest BCUT2D eigenvalue weighted by Gasteiger charge is 2.49. The number of amides is 6. The summed E-state index contributed by atoms with van der Waals surface area (Å²) in [6, 6.07) is 5.13. The molecule has 1 atom stereocenters. The molecule has 9 nitrogen and oxygen atoms in total. The topological polar surface area (TPSA) is 117 Å². The van der Waals surface area contributed by atoms with E-state index in [0.717, 1.165) is 4.90 Å². The summed E-state index contributed by atoms with van der Waals surface area (Å²) in [7, 11) is 1.52. The Morgan fingerprint density at radius 1 is 1.23 bits per heavy atom. The van der Waals surface area contributed by atoms with Crippen LogP contribution in [0.2, 0.25) is 0 Å². The summed E-state index contributed by atoms with van der Waals surface area (Å²) < 4.78 is 5.08. The Kier molecular flexibility index (Phi) is 5.49. The molecule has 1 aliphatic rings. The molecule has 1 aromatic rings. The van der Waals surface area contributed by atoms with Crippen molar-refractivity contribution >= 4 is 23.9 Å². The first kappa shape index (κ1) is 19.2. The third-order valence-electron chi connectivity index (χ3n) is 3.92. The average molecular weight is 362 g/mol. The standard InChI is InChI=1S/C17H22N4O5/c1-10(2)18-15(24)19-13(22)9-21-14(23)17(3,20-16(21)25)11-5-7-12(26-4)8-6-11/h5-8,10H,9H2,1-4H3,(H,20,25)(H2,18,19,22,24). The highest BCUT2D eigenvalue weighted by molar-refractivity contribution is 6.10. The van der Waals surface area contributed by atoms with E-state index in [2.05, 4.69) is 16.0 Å². The molecule has 0 radical (unpaired) electrons. The maximum atomic E-state index is 12.7. The average Bonchev–Trinajstić information content (AvgIpc) is 2.78. The van der Waals surface area contributed by atoms with Gasteiger partial charge in [-0.25, -0.2) is 9.59 Å². The van der Waals surface area contributed by atoms with Crippen LogP contribution in [0.4, 0.5) is 9.59 Å². The number of urea groups is 2. The minimum atomic E-state index is -1.30. The van der Waals surface area contributed by atoms with Crippen molar-refractivity contribution in [1.29, 1.82) is 0 Å². The number of benzene rings is 1. The van der Waals surface area contributed by atoms with Crippen LogP contribution in [0.1, 0.15) is 26.3 Å². The van der Waals surface area contributed by atoms with Crippen molar-refractivity contribution < 1.29 is 23.9 Å². The van der Waals surface area contributed by atoms with Gasteiger partial charge in [-0.3, -0.25) is 19.8 Å². The number of hydrogen-bond donors (Lipinski definition) is 3. The highest BCUT2D eigenvalue weighted by atomic mass is 16.5. The van der Waals surface area contributed by atoms with Gasteiger partial charge in [0.25, 0.3) is 5.91 Å². The third kappa shape index (κ3) is 3.93. The Labute approximate surface area is 151 Å². The maximum absolute atomic E-state index is 12.7. The fraction of sp³-hybridized carbons (Fsp3) is 0.412. The van der Waals surface area contributed by atoms with E-state index in [1.54, 1.807) is 45.0 Å². The van der Waals surface area contributed by atoms with Crippen molar-refractivity contribution in [2.75, 3.05) is 13.7 Å². The van der Waals surface area contributed by atoms with Crippen LogP contribution < -0.4 is 20.7 Å². The van der Waals surface area contributed by atoms with Crippen LogP contribution in [0.3, 0.4) is 0 Å². The zero-order valence-electron chi connectivity index (χ0n) is 15.1. The van der Waals surface area contributed by atoms with Crippen molar-refractivity contribution in [1.82, 2.24) is 20.9 Å². The lowest BCUT2D eigenvalue weighted by Crippen LogP contribution is -2.48. The van der Waals surface area contributed by atoms with E-state index < -0.39 is 36.0 Å². The summed E-state index contributed by atoms with van der Waals surface area (Å²) in [6.07, 6.45) is 0. The number of carbonyl (C=O) groups is 4. The van der Waals surface area contributed by atoms with Crippen molar-refractivity contribution in [3.8, 4) is 5.75 Å². The monoisotopic (exact) mass is 362 g/mol. The molecule has 6 amide bonds. The molecule has 1 saturated heterocycles. The molecule has 1 fully saturated rings. The van der Waals surface area contributed by atoms with Gasteiger partial charge in [-0.2, -0.15) is 0 Å². The van der Waals surface area contributed by atoms with Gasteiger partial charge in [0.1, 0.15) is 17.8 Å². The van der Waals surface area contributed by atoms with Crippen LogP contribution in [0.25, 0.3) is 0 Å². The fourth-order valence-corrected chi connectivity index (χ4v) is 2.57. The van der Waals surface area contributed by atoms with E-state index in [9.17, 15) is 19.2 Å². The smallest absolute Gasteiger partial charge is 0.325 e. The Morgan fingerprint density at radius 2 is 1.85 bits per heavy atom. The van der Waals surface area contributed by atoms with Gasteiger partial charge in [-0.05, 0) is 38.5 Å². The number of rotatable bonds is 5. The first-order valence-corrected chi connectivity index (χ1v) is 8.06. The normalized spacial score (nSPS) is 19.3. The molecule has 1 aromatic carbocycles. The molecule has 26 heavy (non-hydrogen) atoms. The predicted octanol–water partition coefficient (Wildman–Crippen LogP) is 0.696. The first-order valence-electron chi connectivity index (χ1n) is 8.06. The summed E-state index contributed by atoms with van der Waals surface area (Å²) in [5.74, 6) is -0.723. The number of carbonyl (C=O) groups excluding carboxylic acids is 4. The summed E-state index contributed by atoms with van der Waals surface area (Å²) in [4.78, 5) is 49.2. The van der Waals surface area contributed by atoms with E-state index in [4.69, 9.17) is 4.74 Å². The van der Waals surface area contributed by atoms with Gasteiger partial charge in [-0.15, -0.1) is 0 Å². The molecule has 0 aromatic heterocycles. The number of imide groups is 2. The Hall–Kier alpha value is -3.10. The van der Waals surface area contributed by atoms with Crippen molar-refractivity contribution in [3.05, 3.63) is 29.8 Å². The zero-order valence-corrected chi connectivity index (χ0v) is 15.1. The molecule has 1 unspecified atom stereocenters. The zero-order chi connectivity index (χ0) is 19.5. The largest absolute Gasteiger partial charge is 0.497 e. The lowest BCUT2D eigenvalue weighted by atomic mass is 9.92. The Morgan fingerprint density at radius 3 is 2.38 bits per heavy atom. The lowest BCUT2D eigenvalue weighted by molar-refractivity contribution is -0.134. The molecule has 140 valence electrons. The molecule has 0 saturated carbocycles. The van der Waals surface area contributed by atoms with Gasteiger partial charge in [0.2, 0.25) is 5.91 Å². The number of methoxy groups -OCH3 is 1. The van der Waals surface area contributed by atoms with Crippen molar-refractivity contribution in [2.45, 2.75) is 32.4 Å². The fourth-order valence-electron chi connectivity index (χ4n) is 2.57. The molecule has 0 bridgehead atoms. The third-order valence-corrected chi connectivity index (χ3v) is 3.92. The van der Waals surface area contributed by atoms with Gasteiger partial charge in [0, 0.05) is 6.04 Å². The molecule has 1 aliphatic heterocycles. The lowest BCUT2D eigenvalue weighted by Gasteiger charge is -2.22. The Balaban J connectivity index is 2.10. The molecule has 0 aliphatic carbocycles. The van der Waals surface area contributed by atoms with Gasteiger partial charge >= 0.3 is 12.1 Å². The number of hydrogen-bond acceptors (Lipinski definition) is 5. The molecule has 3 N–H and O–H groups in total. The van der Waals surface area contributed by atoms with E-state index in [0.29, 0.717) is 11.3 Å². The molecule has 1 heterocycles. The van der Waals surface area contributed by atoms with Crippen LogP contribution in [0.15, 0.2) is 24.3 Å². The highest BCUT2D eigenvalue weighted by Crippen LogP contribution is 2.29. The molecular formula is C17H22N4O5.